The van der Waals surface area contributed by atoms with Crippen LogP contribution in [0.5, 0.6) is 17.2 Å². The molecule has 2 saturated heterocycles. The van der Waals surface area contributed by atoms with Gasteiger partial charge in [0.15, 0.2) is 5.76 Å². The molecule has 1 N–H and O–H groups in total. The van der Waals surface area contributed by atoms with Crippen LogP contribution in [0.25, 0.3) is 11.3 Å². The average Bonchev–Trinajstić information content (AvgIpc) is 3.51. The van der Waals surface area contributed by atoms with Crippen LogP contribution < -0.4 is 14.8 Å². The molecule has 2 fully saturated rings. The number of piperazine rings is 1. The Morgan fingerprint density at radius 2 is 1.61 bits per heavy atom. The first kappa shape index (κ1) is 27.4. The van der Waals surface area contributed by atoms with Gasteiger partial charge in [-0.3, -0.25) is 9.69 Å². The second-order valence-electron chi connectivity index (χ2n) is 10.5. The van der Waals surface area contributed by atoms with E-state index in [2.05, 4.69) is 16.3 Å². The first-order valence-corrected chi connectivity index (χ1v) is 14.6. The smallest absolute Gasteiger partial charge is 0.289 e. The van der Waals surface area contributed by atoms with Crippen LogP contribution in [0.4, 0.5) is 0 Å². The zero-order valence-corrected chi connectivity index (χ0v) is 23.7. The van der Waals surface area contributed by atoms with Gasteiger partial charge in [-0.1, -0.05) is 35.9 Å². The molecule has 0 saturated carbocycles. The van der Waals surface area contributed by atoms with Crippen molar-refractivity contribution in [2.75, 3.05) is 39.3 Å². The normalized spacial score (nSPS) is 16.5. The molecule has 0 bridgehead atoms. The molecule has 3 heterocycles. The highest BCUT2D eigenvalue weighted by atomic mass is 35.5. The first-order valence-electron chi connectivity index (χ1n) is 14.2. The molecule has 0 aliphatic carbocycles. The third kappa shape index (κ3) is 6.93. The number of halogens is 1. The van der Waals surface area contributed by atoms with E-state index in [1.165, 1.54) is 0 Å². The lowest BCUT2D eigenvalue weighted by atomic mass is 10.1. The van der Waals surface area contributed by atoms with Crippen LogP contribution in [0.2, 0.25) is 5.02 Å². The maximum atomic E-state index is 13.2. The van der Waals surface area contributed by atoms with Crippen LogP contribution in [0.15, 0.2) is 89.3 Å². The Morgan fingerprint density at radius 1 is 0.878 bits per heavy atom. The van der Waals surface area contributed by atoms with Crippen molar-refractivity contribution < 1.29 is 18.7 Å². The fourth-order valence-corrected chi connectivity index (χ4v) is 5.52. The number of carbonyl (C=O) groups is 1. The summed E-state index contributed by atoms with van der Waals surface area (Å²) in [5.74, 6) is 3.21. The van der Waals surface area contributed by atoms with E-state index < -0.39 is 0 Å². The van der Waals surface area contributed by atoms with Crippen molar-refractivity contribution in [1.82, 2.24) is 15.1 Å². The van der Waals surface area contributed by atoms with Crippen LogP contribution >= 0.6 is 11.6 Å². The van der Waals surface area contributed by atoms with Crippen molar-refractivity contribution in [2.45, 2.75) is 25.5 Å². The summed E-state index contributed by atoms with van der Waals surface area (Å²) < 4.78 is 18.0. The number of ether oxygens (including phenoxy) is 2. The molecule has 2 aliphatic rings. The lowest BCUT2D eigenvalue weighted by Gasteiger charge is -2.34. The molecular formula is C33H34ClN3O4. The minimum atomic E-state index is -0.0811. The largest absolute Gasteiger partial charge is 0.489 e. The van der Waals surface area contributed by atoms with Crippen LogP contribution in [0, 0.1) is 0 Å². The number of benzene rings is 3. The van der Waals surface area contributed by atoms with Gasteiger partial charge in [0.1, 0.15) is 29.1 Å². The number of piperidine rings is 1. The van der Waals surface area contributed by atoms with Gasteiger partial charge < -0.3 is 24.1 Å². The van der Waals surface area contributed by atoms with Gasteiger partial charge >= 0.3 is 0 Å². The Morgan fingerprint density at radius 3 is 2.34 bits per heavy atom. The van der Waals surface area contributed by atoms with Gasteiger partial charge in [-0.15, -0.1) is 0 Å². The highest BCUT2D eigenvalue weighted by Gasteiger charge is 2.25. The molecule has 0 unspecified atom stereocenters. The molecule has 1 amide bonds. The van der Waals surface area contributed by atoms with Crippen LogP contribution in [0.1, 0.15) is 29.0 Å². The molecule has 41 heavy (non-hydrogen) atoms. The third-order valence-corrected chi connectivity index (χ3v) is 7.87. The van der Waals surface area contributed by atoms with Gasteiger partial charge in [-0.25, -0.2) is 0 Å². The summed E-state index contributed by atoms with van der Waals surface area (Å²) in [7, 11) is 0. The number of furan rings is 1. The van der Waals surface area contributed by atoms with Crippen molar-refractivity contribution >= 4 is 17.5 Å². The molecule has 2 aliphatic heterocycles. The van der Waals surface area contributed by atoms with Gasteiger partial charge in [0.2, 0.25) is 0 Å². The van der Waals surface area contributed by atoms with Crippen molar-refractivity contribution in [2.24, 2.45) is 0 Å². The number of nitrogens with one attached hydrogen (secondary N) is 1. The Balaban J connectivity index is 0.997. The summed E-state index contributed by atoms with van der Waals surface area (Å²) in [6, 6.07) is 27.0. The fraction of sp³-hybridized carbons (Fsp3) is 0.303. The van der Waals surface area contributed by atoms with Crippen molar-refractivity contribution in [3.63, 3.8) is 0 Å². The minimum absolute atomic E-state index is 0.0811. The molecular weight excluding hydrogens is 538 g/mol. The Labute approximate surface area is 245 Å². The van der Waals surface area contributed by atoms with Crippen LogP contribution in [-0.2, 0) is 6.54 Å². The lowest BCUT2D eigenvalue weighted by molar-refractivity contribution is 0.0598. The quantitative estimate of drug-likeness (QED) is 0.261. The predicted molar refractivity (Wildman–Crippen MR) is 160 cm³/mol. The number of amides is 1. The lowest BCUT2D eigenvalue weighted by Crippen LogP contribution is -2.48. The Hall–Kier alpha value is -3.78. The minimum Gasteiger partial charge on any atom is -0.489 e. The van der Waals surface area contributed by atoms with E-state index in [9.17, 15) is 4.79 Å². The Kier molecular flexibility index (Phi) is 8.56. The maximum absolute atomic E-state index is 13.2. The fourth-order valence-electron chi connectivity index (χ4n) is 5.27. The molecule has 1 aromatic heterocycles. The molecule has 4 aromatic rings. The standard InChI is InChI=1S/C33H34ClN3O4/c34-29-22-24(6-11-31(29)40-28-14-16-35-17-15-28)23-36-18-20-37(21-19-36)33(38)32-13-12-30(41-32)25-7-9-27(10-8-25)39-26-4-2-1-3-5-26/h1-13,22,28,35H,14-21,23H2. The van der Waals surface area contributed by atoms with Crippen LogP contribution in [-0.4, -0.2) is 61.1 Å². The molecule has 0 atom stereocenters. The molecule has 0 spiro atoms. The number of nitrogens with zero attached hydrogens (tertiary/aromatic N) is 2. The number of carbonyl (C=O) groups excluding carboxylic acids is 1. The third-order valence-electron chi connectivity index (χ3n) is 7.58. The van der Waals surface area contributed by atoms with Gasteiger partial charge in [-0.05, 0) is 92.2 Å². The van der Waals surface area contributed by atoms with E-state index in [1.807, 2.05) is 77.7 Å². The molecule has 3 aromatic carbocycles. The first-order chi connectivity index (χ1) is 20.1. The highest BCUT2D eigenvalue weighted by Crippen LogP contribution is 2.30. The summed E-state index contributed by atoms with van der Waals surface area (Å²) in [6.45, 7) is 5.60. The summed E-state index contributed by atoms with van der Waals surface area (Å²) in [5, 5.41) is 4.01. The monoisotopic (exact) mass is 571 g/mol. The topological polar surface area (TPSA) is 67.2 Å². The van der Waals surface area contributed by atoms with E-state index in [4.69, 9.17) is 25.5 Å². The molecule has 6 rings (SSSR count). The molecule has 0 radical (unpaired) electrons. The van der Waals surface area contributed by atoms with Crippen molar-refractivity contribution in [3.05, 3.63) is 101 Å². The number of hydrogen-bond acceptors (Lipinski definition) is 6. The zero-order chi connectivity index (χ0) is 28.0. The summed E-state index contributed by atoms with van der Waals surface area (Å²) in [5.41, 5.74) is 2.03. The van der Waals surface area contributed by atoms with Gasteiger partial charge in [0.05, 0.1) is 5.02 Å². The van der Waals surface area contributed by atoms with E-state index in [-0.39, 0.29) is 12.0 Å². The molecule has 7 nitrogen and oxygen atoms in total. The second kappa shape index (κ2) is 12.8. The summed E-state index contributed by atoms with van der Waals surface area (Å²) in [6.07, 6.45) is 2.21. The highest BCUT2D eigenvalue weighted by molar-refractivity contribution is 6.32. The molecule has 212 valence electrons. The zero-order valence-electron chi connectivity index (χ0n) is 22.9. The van der Waals surface area contributed by atoms with Crippen molar-refractivity contribution in [3.8, 4) is 28.6 Å². The van der Waals surface area contributed by atoms with Gasteiger partial charge in [0.25, 0.3) is 5.91 Å². The Bertz CT molecular complexity index is 1440. The number of rotatable bonds is 8. The second-order valence-corrected chi connectivity index (χ2v) is 10.9. The predicted octanol–water partition coefficient (Wildman–Crippen LogP) is 6.48. The van der Waals surface area contributed by atoms with E-state index in [0.717, 1.165) is 73.9 Å². The molecule has 8 heteroatoms. The van der Waals surface area contributed by atoms with E-state index in [1.54, 1.807) is 6.07 Å². The maximum Gasteiger partial charge on any atom is 0.289 e. The summed E-state index contributed by atoms with van der Waals surface area (Å²) >= 11 is 6.56. The van der Waals surface area contributed by atoms with Gasteiger partial charge in [-0.2, -0.15) is 0 Å². The van der Waals surface area contributed by atoms with E-state index in [0.29, 0.717) is 29.6 Å². The number of para-hydroxylation sites is 1. The van der Waals surface area contributed by atoms with Gasteiger partial charge in [0, 0.05) is 38.3 Å². The average molecular weight is 572 g/mol. The van der Waals surface area contributed by atoms with Crippen LogP contribution in [0.3, 0.4) is 0 Å². The summed E-state index contributed by atoms with van der Waals surface area (Å²) in [4.78, 5) is 17.4. The number of hydrogen-bond donors (Lipinski definition) is 1. The SMILES string of the molecule is O=C(c1ccc(-c2ccc(Oc3ccccc3)cc2)o1)N1CCN(Cc2ccc(OC3CCNCC3)c(Cl)c2)CC1. The van der Waals surface area contributed by atoms with E-state index >= 15 is 0 Å². The van der Waals surface area contributed by atoms with Crippen molar-refractivity contribution in [1.29, 1.82) is 0 Å².